The van der Waals surface area contributed by atoms with Gasteiger partial charge in [0, 0.05) is 20.6 Å². The summed E-state index contributed by atoms with van der Waals surface area (Å²) in [5, 5.41) is 0. The molecule has 2 fully saturated rings. The van der Waals surface area contributed by atoms with Crippen molar-refractivity contribution in [3.63, 3.8) is 0 Å². The standard InChI is InChI=1S/C13H22N2O3/c1-4-5-6-18-13(17)15-8-9-7-10(9)11(15)12(16)14(2)3/h9-11H,4-8H2,1-3H3. The summed E-state index contributed by atoms with van der Waals surface area (Å²) in [7, 11) is 3.47. The number of piperidine rings is 1. The van der Waals surface area contributed by atoms with Gasteiger partial charge in [0.05, 0.1) is 6.61 Å². The Labute approximate surface area is 108 Å². The Morgan fingerprint density at radius 2 is 2.11 bits per heavy atom. The van der Waals surface area contributed by atoms with E-state index in [4.69, 9.17) is 4.74 Å². The molecule has 5 heteroatoms. The van der Waals surface area contributed by atoms with Crippen molar-refractivity contribution in [2.24, 2.45) is 11.8 Å². The molecule has 1 aliphatic carbocycles. The van der Waals surface area contributed by atoms with Crippen molar-refractivity contribution < 1.29 is 14.3 Å². The minimum absolute atomic E-state index is 0.0208. The highest BCUT2D eigenvalue weighted by Gasteiger charge is 2.57. The molecular weight excluding hydrogens is 232 g/mol. The zero-order valence-corrected chi connectivity index (χ0v) is 11.4. The molecule has 3 atom stereocenters. The maximum Gasteiger partial charge on any atom is 0.410 e. The van der Waals surface area contributed by atoms with E-state index < -0.39 is 0 Å². The highest BCUT2D eigenvalue weighted by Crippen LogP contribution is 2.50. The van der Waals surface area contributed by atoms with Crippen LogP contribution >= 0.6 is 0 Å². The van der Waals surface area contributed by atoms with Gasteiger partial charge >= 0.3 is 6.09 Å². The van der Waals surface area contributed by atoms with E-state index in [-0.39, 0.29) is 18.0 Å². The van der Waals surface area contributed by atoms with Crippen LogP contribution in [0.15, 0.2) is 0 Å². The zero-order valence-electron chi connectivity index (χ0n) is 11.4. The fraction of sp³-hybridized carbons (Fsp3) is 0.846. The van der Waals surface area contributed by atoms with E-state index in [0.717, 1.165) is 19.3 Å². The maximum absolute atomic E-state index is 12.1. The highest BCUT2D eigenvalue weighted by molar-refractivity contribution is 5.87. The molecule has 0 aromatic rings. The molecule has 1 saturated carbocycles. The number of carbonyl (C=O) groups is 2. The zero-order chi connectivity index (χ0) is 13.3. The van der Waals surface area contributed by atoms with Crippen LogP contribution in [0.5, 0.6) is 0 Å². The number of likely N-dealkylation sites (N-methyl/N-ethyl adjacent to an activating group) is 1. The van der Waals surface area contributed by atoms with E-state index in [1.807, 2.05) is 0 Å². The van der Waals surface area contributed by atoms with Crippen LogP contribution < -0.4 is 0 Å². The Morgan fingerprint density at radius 3 is 2.72 bits per heavy atom. The van der Waals surface area contributed by atoms with Crippen molar-refractivity contribution in [2.75, 3.05) is 27.2 Å². The monoisotopic (exact) mass is 254 g/mol. The van der Waals surface area contributed by atoms with Crippen molar-refractivity contribution in [1.29, 1.82) is 0 Å². The third-order valence-corrected chi connectivity index (χ3v) is 3.80. The second kappa shape index (κ2) is 5.16. The van der Waals surface area contributed by atoms with Crippen molar-refractivity contribution in [3.8, 4) is 0 Å². The van der Waals surface area contributed by atoms with Gasteiger partial charge < -0.3 is 9.64 Å². The molecule has 102 valence electrons. The Bertz CT molecular complexity index is 343. The number of fused-ring (bicyclic) bond motifs is 1. The first-order chi connectivity index (χ1) is 8.56. The molecule has 18 heavy (non-hydrogen) atoms. The molecular formula is C13H22N2O3. The van der Waals surface area contributed by atoms with Gasteiger partial charge in [-0.1, -0.05) is 13.3 Å². The van der Waals surface area contributed by atoms with Crippen LogP contribution in [0, 0.1) is 11.8 Å². The Hall–Kier alpha value is -1.26. The van der Waals surface area contributed by atoms with Gasteiger partial charge in [0.2, 0.25) is 5.91 Å². The second-order valence-electron chi connectivity index (χ2n) is 5.46. The first kappa shape index (κ1) is 13.2. The number of rotatable bonds is 4. The third-order valence-electron chi connectivity index (χ3n) is 3.80. The molecule has 1 aliphatic heterocycles. The first-order valence-electron chi connectivity index (χ1n) is 6.70. The number of likely N-dealkylation sites (tertiary alicyclic amines) is 1. The fourth-order valence-corrected chi connectivity index (χ4v) is 2.62. The number of hydrogen-bond acceptors (Lipinski definition) is 3. The van der Waals surface area contributed by atoms with E-state index in [1.54, 1.807) is 23.9 Å². The number of ether oxygens (including phenoxy) is 1. The van der Waals surface area contributed by atoms with Crippen LogP contribution in [0.3, 0.4) is 0 Å². The molecule has 2 aliphatic rings. The van der Waals surface area contributed by atoms with Gasteiger partial charge in [0.25, 0.3) is 0 Å². The summed E-state index contributed by atoms with van der Waals surface area (Å²) in [6.45, 7) is 3.18. The average Bonchev–Trinajstić information content (AvgIpc) is 2.99. The first-order valence-corrected chi connectivity index (χ1v) is 6.70. The molecule has 0 N–H and O–H groups in total. The third kappa shape index (κ3) is 2.44. The highest BCUT2D eigenvalue weighted by atomic mass is 16.6. The van der Waals surface area contributed by atoms with Gasteiger partial charge in [-0.2, -0.15) is 0 Å². The average molecular weight is 254 g/mol. The number of unbranched alkanes of at least 4 members (excludes halogenated alkanes) is 1. The number of nitrogens with zero attached hydrogens (tertiary/aromatic N) is 2. The van der Waals surface area contributed by atoms with Gasteiger partial charge in [-0.3, -0.25) is 9.69 Å². The van der Waals surface area contributed by atoms with E-state index in [2.05, 4.69) is 6.92 Å². The van der Waals surface area contributed by atoms with E-state index in [1.165, 1.54) is 0 Å². The largest absolute Gasteiger partial charge is 0.449 e. The molecule has 0 bridgehead atoms. The number of carbonyl (C=O) groups excluding carboxylic acids is 2. The lowest BCUT2D eigenvalue weighted by Gasteiger charge is -2.27. The molecule has 5 nitrogen and oxygen atoms in total. The molecule has 2 rings (SSSR count). The second-order valence-corrected chi connectivity index (χ2v) is 5.46. The molecule has 2 amide bonds. The molecule has 0 aromatic heterocycles. The van der Waals surface area contributed by atoms with Gasteiger partial charge in [-0.15, -0.1) is 0 Å². The SMILES string of the molecule is CCCCOC(=O)N1CC2CC2C1C(=O)N(C)C. The maximum atomic E-state index is 12.1. The summed E-state index contributed by atoms with van der Waals surface area (Å²) in [5.41, 5.74) is 0. The van der Waals surface area contributed by atoms with Gasteiger partial charge in [-0.05, 0) is 24.7 Å². The fourth-order valence-electron chi connectivity index (χ4n) is 2.62. The summed E-state index contributed by atoms with van der Waals surface area (Å²) >= 11 is 0. The molecule has 0 radical (unpaired) electrons. The predicted molar refractivity (Wildman–Crippen MR) is 67.0 cm³/mol. The van der Waals surface area contributed by atoms with Gasteiger partial charge in [-0.25, -0.2) is 4.79 Å². The van der Waals surface area contributed by atoms with Crippen LogP contribution in [0.25, 0.3) is 0 Å². The normalized spacial score (nSPS) is 28.8. The van der Waals surface area contributed by atoms with E-state index in [0.29, 0.717) is 25.0 Å². The minimum atomic E-state index is -0.323. The van der Waals surface area contributed by atoms with Crippen LogP contribution in [-0.4, -0.2) is 55.1 Å². The number of amides is 2. The Kier molecular flexibility index (Phi) is 3.78. The lowest BCUT2D eigenvalue weighted by atomic mass is 10.1. The van der Waals surface area contributed by atoms with E-state index in [9.17, 15) is 9.59 Å². The van der Waals surface area contributed by atoms with E-state index >= 15 is 0 Å². The minimum Gasteiger partial charge on any atom is -0.449 e. The van der Waals surface area contributed by atoms with Crippen LogP contribution in [0.2, 0.25) is 0 Å². The van der Waals surface area contributed by atoms with Crippen molar-refractivity contribution >= 4 is 12.0 Å². The summed E-state index contributed by atoms with van der Waals surface area (Å²) in [6.07, 6.45) is 2.62. The topological polar surface area (TPSA) is 49.9 Å². The Morgan fingerprint density at radius 1 is 1.39 bits per heavy atom. The number of hydrogen-bond donors (Lipinski definition) is 0. The quantitative estimate of drug-likeness (QED) is 0.711. The Balaban J connectivity index is 1.95. The van der Waals surface area contributed by atoms with Crippen molar-refractivity contribution in [3.05, 3.63) is 0 Å². The predicted octanol–water partition coefficient (Wildman–Crippen LogP) is 1.33. The smallest absolute Gasteiger partial charge is 0.410 e. The summed E-state index contributed by atoms with van der Waals surface area (Å²) in [5.74, 6) is 0.892. The summed E-state index contributed by atoms with van der Waals surface area (Å²) < 4.78 is 5.21. The molecule has 1 saturated heterocycles. The van der Waals surface area contributed by atoms with Crippen LogP contribution in [0.4, 0.5) is 4.79 Å². The summed E-state index contributed by atoms with van der Waals surface area (Å²) in [4.78, 5) is 27.2. The van der Waals surface area contributed by atoms with Gasteiger partial charge in [0.1, 0.15) is 6.04 Å². The summed E-state index contributed by atoms with van der Waals surface area (Å²) in [6, 6.07) is -0.292. The lowest BCUT2D eigenvalue weighted by Crippen LogP contribution is -2.48. The molecule has 0 aromatic carbocycles. The van der Waals surface area contributed by atoms with Crippen molar-refractivity contribution in [2.45, 2.75) is 32.2 Å². The van der Waals surface area contributed by atoms with Crippen LogP contribution in [0.1, 0.15) is 26.2 Å². The molecule has 3 unspecified atom stereocenters. The molecule has 1 heterocycles. The molecule has 0 spiro atoms. The van der Waals surface area contributed by atoms with Crippen LogP contribution in [-0.2, 0) is 9.53 Å². The van der Waals surface area contributed by atoms with Crippen molar-refractivity contribution in [1.82, 2.24) is 9.80 Å². The lowest BCUT2D eigenvalue weighted by molar-refractivity contribution is -0.133. The van der Waals surface area contributed by atoms with Gasteiger partial charge in [0.15, 0.2) is 0 Å².